The zero-order chi connectivity index (χ0) is 14.3. The predicted molar refractivity (Wildman–Crippen MR) is 81.2 cm³/mol. The Hall–Kier alpha value is -0.570. The SMILES string of the molecule is CCCCCCCCCCCCC(O)C(=O)NCC. The van der Waals surface area contributed by atoms with Gasteiger partial charge in [-0.1, -0.05) is 71.1 Å². The van der Waals surface area contributed by atoms with Gasteiger partial charge in [-0.05, 0) is 13.3 Å². The second-order valence-corrected chi connectivity index (χ2v) is 5.38. The lowest BCUT2D eigenvalue weighted by Crippen LogP contribution is -2.34. The van der Waals surface area contributed by atoms with Crippen molar-refractivity contribution >= 4 is 5.91 Å². The molecule has 0 aliphatic rings. The second kappa shape index (κ2) is 13.9. The summed E-state index contributed by atoms with van der Waals surface area (Å²) in [5.41, 5.74) is 0. The molecule has 0 bridgehead atoms. The Morgan fingerprint density at radius 3 is 1.84 bits per heavy atom. The molecule has 1 amide bonds. The highest BCUT2D eigenvalue weighted by molar-refractivity contribution is 5.80. The third kappa shape index (κ3) is 12.2. The lowest BCUT2D eigenvalue weighted by atomic mass is 10.0. The topological polar surface area (TPSA) is 49.3 Å². The zero-order valence-corrected chi connectivity index (χ0v) is 12.9. The summed E-state index contributed by atoms with van der Waals surface area (Å²) in [5, 5.41) is 12.2. The standard InChI is InChI=1S/C16H33NO2/c1-3-5-6-7-8-9-10-11-12-13-14-15(18)16(19)17-4-2/h15,18H,3-14H2,1-2H3,(H,17,19). The molecule has 1 unspecified atom stereocenters. The molecule has 0 saturated heterocycles. The molecule has 0 fully saturated rings. The molecule has 3 nitrogen and oxygen atoms in total. The molecule has 0 aromatic rings. The van der Waals surface area contributed by atoms with Gasteiger partial charge < -0.3 is 10.4 Å². The number of aliphatic hydroxyl groups is 1. The van der Waals surface area contributed by atoms with Crippen LogP contribution in [0.2, 0.25) is 0 Å². The normalized spacial score (nSPS) is 12.4. The first-order valence-corrected chi connectivity index (χ1v) is 8.18. The summed E-state index contributed by atoms with van der Waals surface area (Å²) in [6.45, 7) is 4.70. The lowest BCUT2D eigenvalue weighted by Gasteiger charge is -2.09. The summed E-state index contributed by atoms with van der Waals surface area (Å²) in [6, 6.07) is 0. The van der Waals surface area contributed by atoms with Crippen molar-refractivity contribution in [1.82, 2.24) is 5.32 Å². The van der Waals surface area contributed by atoms with E-state index < -0.39 is 6.10 Å². The van der Waals surface area contributed by atoms with Crippen LogP contribution in [0.4, 0.5) is 0 Å². The van der Waals surface area contributed by atoms with Gasteiger partial charge in [-0.15, -0.1) is 0 Å². The van der Waals surface area contributed by atoms with Crippen LogP contribution >= 0.6 is 0 Å². The number of unbranched alkanes of at least 4 members (excludes halogenated alkanes) is 9. The maximum absolute atomic E-state index is 11.3. The third-order valence-corrected chi connectivity index (χ3v) is 3.48. The van der Waals surface area contributed by atoms with Gasteiger partial charge in [0.2, 0.25) is 5.91 Å². The summed E-state index contributed by atoms with van der Waals surface area (Å²) < 4.78 is 0. The Kier molecular flexibility index (Phi) is 13.4. The Balaban J connectivity index is 3.20. The molecule has 3 heteroatoms. The van der Waals surface area contributed by atoms with Crippen LogP contribution in [0.5, 0.6) is 0 Å². The highest BCUT2D eigenvalue weighted by Crippen LogP contribution is 2.12. The third-order valence-electron chi connectivity index (χ3n) is 3.48. The number of likely N-dealkylation sites (N-methyl/N-ethyl adjacent to an activating group) is 1. The van der Waals surface area contributed by atoms with Crippen LogP contribution < -0.4 is 5.32 Å². The predicted octanol–water partition coefficient (Wildman–Crippen LogP) is 3.79. The van der Waals surface area contributed by atoms with Crippen LogP contribution in [0.3, 0.4) is 0 Å². The molecular formula is C16H33NO2. The number of carbonyl (C=O) groups excluding carboxylic acids is 1. The van der Waals surface area contributed by atoms with Crippen molar-refractivity contribution in [3.05, 3.63) is 0 Å². The molecule has 0 aromatic carbocycles. The molecule has 0 saturated carbocycles. The van der Waals surface area contributed by atoms with Crippen molar-refractivity contribution in [2.75, 3.05) is 6.54 Å². The van der Waals surface area contributed by atoms with E-state index in [1.165, 1.54) is 51.4 Å². The molecule has 114 valence electrons. The number of aliphatic hydroxyl groups excluding tert-OH is 1. The average Bonchev–Trinajstić information content (AvgIpc) is 2.41. The van der Waals surface area contributed by atoms with E-state index in [1.54, 1.807) is 0 Å². The fraction of sp³-hybridized carbons (Fsp3) is 0.938. The van der Waals surface area contributed by atoms with Gasteiger partial charge in [-0.25, -0.2) is 0 Å². The fourth-order valence-electron chi connectivity index (χ4n) is 2.25. The number of rotatable bonds is 13. The molecule has 0 aromatic heterocycles. The summed E-state index contributed by atoms with van der Waals surface area (Å²) in [7, 11) is 0. The Morgan fingerprint density at radius 1 is 0.895 bits per heavy atom. The maximum atomic E-state index is 11.3. The molecular weight excluding hydrogens is 238 g/mol. The van der Waals surface area contributed by atoms with Crippen LogP contribution in [0.15, 0.2) is 0 Å². The molecule has 19 heavy (non-hydrogen) atoms. The smallest absolute Gasteiger partial charge is 0.248 e. The minimum atomic E-state index is -0.811. The molecule has 2 N–H and O–H groups in total. The number of hydrogen-bond donors (Lipinski definition) is 2. The van der Waals surface area contributed by atoms with E-state index in [1.807, 2.05) is 6.92 Å². The van der Waals surface area contributed by atoms with Crippen molar-refractivity contribution in [2.24, 2.45) is 0 Å². The van der Waals surface area contributed by atoms with Crippen molar-refractivity contribution in [2.45, 2.75) is 90.6 Å². The molecule has 0 radical (unpaired) electrons. The van der Waals surface area contributed by atoms with Crippen LogP contribution in [0, 0.1) is 0 Å². The first-order valence-electron chi connectivity index (χ1n) is 8.18. The fourth-order valence-corrected chi connectivity index (χ4v) is 2.25. The molecule has 0 rings (SSSR count). The van der Waals surface area contributed by atoms with Crippen molar-refractivity contribution in [1.29, 1.82) is 0 Å². The minimum absolute atomic E-state index is 0.224. The van der Waals surface area contributed by atoms with Crippen LogP contribution in [-0.4, -0.2) is 23.7 Å². The van der Waals surface area contributed by atoms with Crippen molar-refractivity contribution in [3.8, 4) is 0 Å². The van der Waals surface area contributed by atoms with E-state index in [0.29, 0.717) is 13.0 Å². The second-order valence-electron chi connectivity index (χ2n) is 5.38. The molecule has 0 aliphatic carbocycles. The minimum Gasteiger partial charge on any atom is -0.383 e. The maximum Gasteiger partial charge on any atom is 0.248 e. The van der Waals surface area contributed by atoms with Gasteiger partial charge in [0.05, 0.1) is 0 Å². The van der Waals surface area contributed by atoms with Crippen LogP contribution in [-0.2, 0) is 4.79 Å². The summed E-state index contributed by atoms with van der Waals surface area (Å²) >= 11 is 0. The van der Waals surface area contributed by atoms with Gasteiger partial charge in [0, 0.05) is 6.54 Å². The number of nitrogens with one attached hydrogen (secondary N) is 1. The van der Waals surface area contributed by atoms with Gasteiger partial charge >= 0.3 is 0 Å². The van der Waals surface area contributed by atoms with Crippen molar-refractivity contribution < 1.29 is 9.90 Å². The molecule has 0 aliphatic heterocycles. The van der Waals surface area contributed by atoms with E-state index >= 15 is 0 Å². The largest absolute Gasteiger partial charge is 0.383 e. The van der Waals surface area contributed by atoms with E-state index in [4.69, 9.17) is 0 Å². The number of amides is 1. The van der Waals surface area contributed by atoms with Crippen LogP contribution in [0.25, 0.3) is 0 Å². The molecule has 0 spiro atoms. The quantitative estimate of drug-likeness (QED) is 0.501. The highest BCUT2D eigenvalue weighted by atomic mass is 16.3. The molecule has 0 heterocycles. The Labute approximate surface area is 119 Å². The Bertz CT molecular complexity index is 207. The van der Waals surface area contributed by atoms with Gasteiger partial charge in [-0.2, -0.15) is 0 Å². The number of carbonyl (C=O) groups is 1. The van der Waals surface area contributed by atoms with Gasteiger partial charge in [0.15, 0.2) is 0 Å². The zero-order valence-electron chi connectivity index (χ0n) is 12.9. The van der Waals surface area contributed by atoms with E-state index in [2.05, 4.69) is 12.2 Å². The van der Waals surface area contributed by atoms with Gasteiger partial charge in [0.25, 0.3) is 0 Å². The summed E-state index contributed by atoms with van der Waals surface area (Å²) in [4.78, 5) is 11.3. The first kappa shape index (κ1) is 18.4. The first-order chi connectivity index (χ1) is 9.22. The monoisotopic (exact) mass is 271 g/mol. The van der Waals surface area contributed by atoms with Crippen LogP contribution in [0.1, 0.15) is 84.5 Å². The van der Waals surface area contributed by atoms with E-state index in [9.17, 15) is 9.90 Å². The highest BCUT2D eigenvalue weighted by Gasteiger charge is 2.12. The van der Waals surface area contributed by atoms with Gasteiger partial charge in [0.1, 0.15) is 6.10 Å². The van der Waals surface area contributed by atoms with Crippen molar-refractivity contribution in [3.63, 3.8) is 0 Å². The summed E-state index contributed by atoms with van der Waals surface area (Å²) in [5.74, 6) is -0.224. The van der Waals surface area contributed by atoms with E-state index in [-0.39, 0.29) is 5.91 Å². The Morgan fingerprint density at radius 2 is 1.37 bits per heavy atom. The van der Waals surface area contributed by atoms with Gasteiger partial charge in [-0.3, -0.25) is 4.79 Å². The van der Waals surface area contributed by atoms with E-state index in [0.717, 1.165) is 12.8 Å². The summed E-state index contributed by atoms with van der Waals surface area (Å²) in [6.07, 6.45) is 12.5. The average molecular weight is 271 g/mol. The lowest BCUT2D eigenvalue weighted by molar-refractivity contribution is -0.129. The molecule has 1 atom stereocenters. The number of hydrogen-bond acceptors (Lipinski definition) is 2.